The molecule has 0 aromatic heterocycles. The van der Waals surface area contributed by atoms with Crippen molar-refractivity contribution in [3.05, 3.63) is 64.4 Å². The fourth-order valence-corrected chi connectivity index (χ4v) is 2.08. The molecule has 1 N–H and O–H groups in total. The predicted molar refractivity (Wildman–Crippen MR) is 84.5 cm³/mol. The van der Waals surface area contributed by atoms with Crippen LogP contribution >= 0.6 is 11.6 Å². The Balaban J connectivity index is 2.27. The number of nitrogens with zero attached hydrogens (tertiary/aromatic N) is 1. The Kier molecular flexibility index (Phi) is 5.34. The van der Waals surface area contributed by atoms with Crippen LogP contribution in [0.4, 0.5) is 4.39 Å². The third-order valence-electron chi connectivity index (χ3n) is 2.89. The van der Waals surface area contributed by atoms with Crippen LogP contribution in [0.3, 0.4) is 0 Å². The van der Waals surface area contributed by atoms with E-state index in [4.69, 9.17) is 21.4 Å². The Labute approximate surface area is 137 Å². The van der Waals surface area contributed by atoms with Crippen LogP contribution in [-0.4, -0.2) is 17.7 Å². The van der Waals surface area contributed by atoms with E-state index >= 15 is 0 Å². The molecule has 0 bridgehead atoms. The number of aliphatic carboxylic acids is 1. The van der Waals surface area contributed by atoms with Gasteiger partial charge in [0, 0.05) is 0 Å². The van der Waals surface area contributed by atoms with Gasteiger partial charge in [0.15, 0.2) is 6.61 Å². The van der Waals surface area contributed by atoms with Gasteiger partial charge in [-0.2, -0.15) is 5.26 Å². The Morgan fingerprint density at radius 3 is 2.57 bits per heavy atom. The summed E-state index contributed by atoms with van der Waals surface area (Å²) in [5, 5.41) is 18.1. The smallest absolute Gasteiger partial charge is 0.341 e. The van der Waals surface area contributed by atoms with Gasteiger partial charge in [-0.3, -0.25) is 0 Å². The number of halogens is 2. The summed E-state index contributed by atoms with van der Waals surface area (Å²) in [5.74, 6) is -1.24. The minimum absolute atomic E-state index is 0.233. The number of ether oxygens (including phenoxy) is 1. The highest BCUT2D eigenvalue weighted by Crippen LogP contribution is 2.27. The van der Waals surface area contributed by atoms with Crippen molar-refractivity contribution in [3.8, 4) is 11.8 Å². The maximum Gasteiger partial charge on any atom is 0.341 e. The van der Waals surface area contributed by atoms with Crippen LogP contribution in [0.2, 0.25) is 5.02 Å². The maximum atomic E-state index is 12.9. The molecular formula is C17H11ClFNO3. The van der Waals surface area contributed by atoms with E-state index in [0.29, 0.717) is 16.7 Å². The highest BCUT2D eigenvalue weighted by Gasteiger charge is 2.06. The van der Waals surface area contributed by atoms with Crippen LogP contribution in [0.25, 0.3) is 11.6 Å². The Bertz CT molecular complexity index is 794. The van der Waals surface area contributed by atoms with Crippen molar-refractivity contribution in [3.63, 3.8) is 0 Å². The first-order valence-corrected chi connectivity index (χ1v) is 6.89. The molecule has 0 spiro atoms. The van der Waals surface area contributed by atoms with Crippen molar-refractivity contribution in [2.24, 2.45) is 0 Å². The Morgan fingerprint density at radius 1 is 1.30 bits per heavy atom. The lowest BCUT2D eigenvalue weighted by Crippen LogP contribution is -2.09. The van der Waals surface area contributed by atoms with Gasteiger partial charge in [-0.25, -0.2) is 9.18 Å². The summed E-state index contributed by atoms with van der Waals surface area (Å²) in [4.78, 5) is 10.5. The molecule has 0 unspecified atom stereocenters. The molecule has 0 saturated carbocycles. The molecular weight excluding hydrogens is 321 g/mol. The van der Waals surface area contributed by atoms with Gasteiger partial charge in [0.1, 0.15) is 11.6 Å². The topological polar surface area (TPSA) is 70.3 Å². The second-order valence-electron chi connectivity index (χ2n) is 4.55. The molecule has 0 radical (unpaired) electrons. The van der Waals surface area contributed by atoms with Crippen LogP contribution in [-0.2, 0) is 4.79 Å². The van der Waals surface area contributed by atoms with Crippen LogP contribution in [0, 0.1) is 17.1 Å². The van der Waals surface area contributed by atoms with Gasteiger partial charge in [-0.1, -0.05) is 29.8 Å². The number of benzene rings is 2. The first kappa shape index (κ1) is 16.5. The fraction of sp³-hybridized carbons (Fsp3) is 0.0588. The maximum absolute atomic E-state index is 12.9. The molecule has 0 saturated heterocycles. The van der Waals surface area contributed by atoms with Crippen molar-refractivity contribution in [2.45, 2.75) is 0 Å². The summed E-state index contributed by atoms with van der Waals surface area (Å²) < 4.78 is 18.0. The molecule has 2 aromatic rings. The minimum Gasteiger partial charge on any atom is -0.480 e. The Morgan fingerprint density at radius 2 is 2.00 bits per heavy atom. The molecule has 0 fully saturated rings. The Hall–Kier alpha value is -2.84. The van der Waals surface area contributed by atoms with Gasteiger partial charge < -0.3 is 9.84 Å². The number of carbonyl (C=O) groups is 1. The molecule has 2 aromatic carbocycles. The zero-order valence-electron chi connectivity index (χ0n) is 11.8. The minimum atomic E-state index is -1.10. The van der Waals surface area contributed by atoms with Crippen LogP contribution in [0.5, 0.6) is 5.75 Å². The van der Waals surface area contributed by atoms with E-state index in [2.05, 4.69) is 0 Å². The van der Waals surface area contributed by atoms with Gasteiger partial charge in [0.05, 0.1) is 16.7 Å². The molecule has 116 valence electrons. The molecule has 0 amide bonds. The summed E-state index contributed by atoms with van der Waals surface area (Å²) in [6.45, 7) is -0.492. The summed E-state index contributed by atoms with van der Waals surface area (Å²) in [5.41, 5.74) is 1.56. The highest BCUT2D eigenvalue weighted by molar-refractivity contribution is 6.32. The largest absolute Gasteiger partial charge is 0.480 e. The summed E-state index contributed by atoms with van der Waals surface area (Å²) in [7, 11) is 0. The number of hydrogen-bond acceptors (Lipinski definition) is 3. The highest BCUT2D eigenvalue weighted by atomic mass is 35.5. The first-order valence-electron chi connectivity index (χ1n) is 6.51. The van der Waals surface area contributed by atoms with Crippen molar-refractivity contribution >= 4 is 29.2 Å². The van der Waals surface area contributed by atoms with E-state index in [1.807, 2.05) is 6.07 Å². The van der Waals surface area contributed by atoms with E-state index in [1.165, 1.54) is 30.3 Å². The molecule has 0 aliphatic rings. The lowest BCUT2D eigenvalue weighted by Gasteiger charge is -2.06. The quantitative estimate of drug-likeness (QED) is 0.664. The van der Waals surface area contributed by atoms with Crippen molar-refractivity contribution in [1.82, 2.24) is 0 Å². The molecule has 0 aliphatic heterocycles. The fourth-order valence-electron chi connectivity index (χ4n) is 1.84. The third-order valence-corrected chi connectivity index (χ3v) is 3.19. The summed E-state index contributed by atoms with van der Waals surface area (Å²) in [6.07, 6.45) is 1.60. The van der Waals surface area contributed by atoms with Gasteiger partial charge in [-0.05, 0) is 41.5 Å². The number of rotatable bonds is 5. The van der Waals surface area contributed by atoms with E-state index < -0.39 is 12.6 Å². The lowest BCUT2D eigenvalue weighted by molar-refractivity contribution is -0.139. The molecule has 2 rings (SSSR count). The molecule has 0 atom stereocenters. The second kappa shape index (κ2) is 7.43. The zero-order chi connectivity index (χ0) is 16.8. The first-order chi connectivity index (χ1) is 11.0. The standard InChI is InChI=1S/C17H11ClFNO3/c18-15-8-11(1-6-16(15)23-10-17(21)22)7-13(9-20)12-2-4-14(19)5-3-12/h1-8H,10H2,(H,21,22)/b13-7-. The number of carboxylic acids is 1. The van der Waals surface area contributed by atoms with Gasteiger partial charge in [-0.15, -0.1) is 0 Å². The second-order valence-corrected chi connectivity index (χ2v) is 4.96. The van der Waals surface area contributed by atoms with Crippen molar-refractivity contribution in [2.75, 3.05) is 6.61 Å². The molecule has 23 heavy (non-hydrogen) atoms. The van der Waals surface area contributed by atoms with Gasteiger partial charge >= 0.3 is 5.97 Å². The van der Waals surface area contributed by atoms with Crippen molar-refractivity contribution in [1.29, 1.82) is 5.26 Å². The monoisotopic (exact) mass is 331 g/mol. The normalized spacial score (nSPS) is 10.9. The van der Waals surface area contributed by atoms with Crippen LogP contribution in [0.15, 0.2) is 42.5 Å². The summed E-state index contributed by atoms with van der Waals surface area (Å²) in [6, 6.07) is 12.3. The van der Waals surface area contributed by atoms with E-state index in [1.54, 1.807) is 18.2 Å². The molecule has 4 nitrogen and oxygen atoms in total. The van der Waals surface area contributed by atoms with E-state index in [0.717, 1.165) is 0 Å². The van der Waals surface area contributed by atoms with E-state index in [9.17, 15) is 14.4 Å². The number of carboxylic acid groups (broad SMARTS) is 1. The zero-order valence-corrected chi connectivity index (χ0v) is 12.5. The van der Waals surface area contributed by atoms with Crippen LogP contribution in [0.1, 0.15) is 11.1 Å². The van der Waals surface area contributed by atoms with Gasteiger partial charge in [0.25, 0.3) is 0 Å². The average molecular weight is 332 g/mol. The van der Waals surface area contributed by atoms with E-state index in [-0.39, 0.29) is 16.6 Å². The number of nitriles is 1. The van der Waals surface area contributed by atoms with Crippen molar-refractivity contribution < 1.29 is 19.0 Å². The van der Waals surface area contributed by atoms with Gasteiger partial charge in [0.2, 0.25) is 0 Å². The van der Waals surface area contributed by atoms with Crippen LogP contribution < -0.4 is 4.74 Å². The average Bonchev–Trinajstić information content (AvgIpc) is 2.52. The lowest BCUT2D eigenvalue weighted by atomic mass is 10.0. The summed E-state index contributed by atoms with van der Waals surface area (Å²) >= 11 is 6.03. The molecule has 6 heteroatoms. The SMILES string of the molecule is N#C/C(=C/c1ccc(OCC(=O)O)c(Cl)c1)c1ccc(F)cc1. The third kappa shape index (κ3) is 4.56. The molecule has 0 heterocycles. The number of hydrogen-bond donors (Lipinski definition) is 1. The predicted octanol–water partition coefficient (Wildman–Crippen LogP) is 4.01. The molecule has 0 aliphatic carbocycles. The number of allylic oxidation sites excluding steroid dienone is 1.